The predicted molar refractivity (Wildman–Crippen MR) is 48.8 cm³/mol. The van der Waals surface area contributed by atoms with Crippen molar-refractivity contribution in [1.29, 1.82) is 0 Å². The van der Waals surface area contributed by atoms with Crippen molar-refractivity contribution >= 4 is 0 Å². The van der Waals surface area contributed by atoms with Gasteiger partial charge in [-0.2, -0.15) is 0 Å². The maximum absolute atomic E-state index is 6.10. The van der Waals surface area contributed by atoms with Gasteiger partial charge in [0.05, 0.1) is 11.2 Å². The smallest absolute Gasteiger partial charge is 0.0634 e. The largest absolute Gasteiger partial charge is 0.320 e. The molecule has 0 fully saturated rings. The van der Waals surface area contributed by atoms with Crippen molar-refractivity contribution in [3.8, 4) is 0 Å². The summed E-state index contributed by atoms with van der Waals surface area (Å²) in [6, 6.07) is 4.20. The number of aryl methyl sites for hydroxylation is 2. The molecule has 64 valence electrons. The molecule has 0 saturated carbocycles. The molecule has 2 nitrogen and oxygen atoms in total. The summed E-state index contributed by atoms with van der Waals surface area (Å²) in [7, 11) is 0. The van der Waals surface area contributed by atoms with Crippen molar-refractivity contribution in [3.05, 3.63) is 29.1 Å². The van der Waals surface area contributed by atoms with Crippen LogP contribution < -0.4 is 5.73 Å². The van der Waals surface area contributed by atoms with Crippen molar-refractivity contribution in [1.82, 2.24) is 4.98 Å². The van der Waals surface area contributed by atoms with E-state index in [2.05, 4.69) is 24.0 Å². The van der Waals surface area contributed by atoms with E-state index in [4.69, 9.17) is 5.73 Å². The Kier molecular flexibility index (Phi) is 1.48. The summed E-state index contributed by atoms with van der Waals surface area (Å²) in [4.78, 5) is 4.48. The van der Waals surface area contributed by atoms with Crippen molar-refractivity contribution < 1.29 is 0 Å². The van der Waals surface area contributed by atoms with Crippen LogP contribution in [0, 0.1) is 6.92 Å². The molecule has 2 rings (SSSR count). The van der Waals surface area contributed by atoms with Gasteiger partial charge in [0.25, 0.3) is 0 Å². The Balaban J connectivity index is 2.57. The van der Waals surface area contributed by atoms with Gasteiger partial charge in [-0.3, -0.25) is 4.98 Å². The van der Waals surface area contributed by atoms with Crippen LogP contribution in [-0.2, 0) is 12.0 Å². The van der Waals surface area contributed by atoms with Crippen LogP contribution in [0.2, 0.25) is 0 Å². The van der Waals surface area contributed by atoms with Crippen LogP contribution >= 0.6 is 0 Å². The Labute approximate surface area is 72.8 Å². The van der Waals surface area contributed by atoms with E-state index in [9.17, 15) is 0 Å². The molecule has 2 N–H and O–H groups in total. The molecule has 2 heteroatoms. The summed E-state index contributed by atoms with van der Waals surface area (Å²) in [5.41, 5.74) is 9.39. The monoisotopic (exact) mass is 162 g/mol. The molecule has 1 aliphatic carbocycles. The molecule has 0 saturated heterocycles. The number of rotatable bonds is 0. The number of fused-ring (bicyclic) bond motifs is 1. The lowest BCUT2D eigenvalue weighted by atomic mass is 10.0. The highest BCUT2D eigenvalue weighted by atomic mass is 14.9. The molecular weight excluding hydrogens is 148 g/mol. The van der Waals surface area contributed by atoms with Crippen LogP contribution in [0.3, 0.4) is 0 Å². The van der Waals surface area contributed by atoms with E-state index in [-0.39, 0.29) is 5.54 Å². The highest BCUT2D eigenvalue weighted by Crippen LogP contribution is 2.32. The van der Waals surface area contributed by atoms with Gasteiger partial charge < -0.3 is 5.73 Å². The van der Waals surface area contributed by atoms with E-state index >= 15 is 0 Å². The molecule has 0 amide bonds. The molecule has 1 aromatic heterocycles. The molecule has 1 atom stereocenters. The minimum Gasteiger partial charge on any atom is -0.320 e. The predicted octanol–water partition coefficient (Wildman–Crippen LogP) is 1.51. The first kappa shape index (κ1) is 7.74. The summed E-state index contributed by atoms with van der Waals surface area (Å²) in [5, 5.41) is 0. The van der Waals surface area contributed by atoms with Gasteiger partial charge in [0.15, 0.2) is 0 Å². The first-order valence-electron chi connectivity index (χ1n) is 4.35. The second-order valence-electron chi connectivity index (χ2n) is 3.88. The first-order valence-corrected chi connectivity index (χ1v) is 4.35. The zero-order chi connectivity index (χ0) is 8.77. The van der Waals surface area contributed by atoms with Crippen molar-refractivity contribution in [2.45, 2.75) is 32.2 Å². The third-order valence-electron chi connectivity index (χ3n) is 2.57. The third-order valence-corrected chi connectivity index (χ3v) is 2.57. The van der Waals surface area contributed by atoms with Crippen LogP contribution in [0.1, 0.15) is 30.3 Å². The molecule has 1 aromatic rings. The third kappa shape index (κ3) is 1.03. The Bertz CT molecular complexity index is 316. The standard InChI is InChI=1S/C10H14N2/c1-7-3-4-8-5-6-10(2,11)9(8)12-7/h3-4H,5-6,11H2,1-2H3/t10-/m0/s1. The van der Waals surface area contributed by atoms with Gasteiger partial charge in [-0.1, -0.05) is 6.07 Å². The first-order chi connectivity index (χ1) is 5.59. The number of hydrogen-bond donors (Lipinski definition) is 1. The molecular formula is C10H14N2. The molecule has 0 unspecified atom stereocenters. The molecule has 12 heavy (non-hydrogen) atoms. The van der Waals surface area contributed by atoms with Gasteiger partial charge in [-0.05, 0) is 38.3 Å². The summed E-state index contributed by atoms with van der Waals surface area (Å²) < 4.78 is 0. The number of nitrogens with two attached hydrogens (primary N) is 1. The molecule has 0 aliphatic heterocycles. The average Bonchev–Trinajstić information content (AvgIpc) is 2.28. The molecule has 1 heterocycles. The minimum atomic E-state index is -0.193. The van der Waals surface area contributed by atoms with E-state index in [1.807, 2.05) is 6.92 Å². The van der Waals surface area contributed by atoms with E-state index in [1.54, 1.807) is 0 Å². The van der Waals surface area contributed by atoms with E-state index < -0.39 is 0 Å². The summed E-state index contributed by atoms with van der Waals surface area (Å²) in [5.74, 6) is 0. The van der Waals surface area contributed by atoms with Crippen molar-refractivity contribution in [3.63, 3.8) is 0 Å². The topological polar surface area (TPSA) is 38.9 Å². The van der Waals surface area contributed by atoms with Gasteiger partial charge >= 0.3 is 0 Å². The van der Waals surface area contributed by atoms with Gasteiger partial charge in [0, 0.05) is 5.69 Å². The van der Waals surface area contributed by atoms with Crippen LogP contribution in [0.25, 0.3) is 0 Å². The average molecular weight is 162 g/mol. The Morgan fingerprint density at radius 3 is 3.00 bits per heavy atom. The maximum Gasteiger partial charge on any atom is 0.0634 e. The van der Waals surface area contributed by atoms with Gasteiger partial charge in [-0.25, -0.2) is 0 Å². The maximum atomic E-state index is 6.10. The van der Waals surface area contributed by atoms with Crippen LogP contribution in [-0.4, -0.2) is 4.98 Å². The number of nitrogens with zero attached hydrogens (tertiary/aromatic N) is 1. The molecule has 0 spiro atoms. The minimum absolute atomic E-state index is 0.193. The van der Waals surface area contributed by atoms with E-state index in [0.717, 1.165) is 24.2 Å². The van der Waals surface area contributed by atoms with Gasteiger partial charge in [-0.15, -0.1) is 0 Å². The summed E-state index contributed by atoms with van der Waals surface area (Å²) in [6.45, 7) is 4.07. The van der Waals surface area contributed by atoms with Gasteiger partial charge in [0.1, 0.15) is 0 Å². The molecule has 0 radical (unpaired) electrons. The van der Waals surface area contributed by atoms with Crippen molar-refractivity contribution in [2.24, 2.45) is 5.73 Å². The molecule has 1 aliphatic rings. The Hall–Kier alpha value is -0.890. The second-order valence-corrected chi connectivity index (χ2v) is 3.88. The second kappa shape index (κ2) is 2.30. The normalized spacial score (nSPS) is 27.2. The van der Waals surface area contributed by atoms with Crippen LogP contribution in [0.15, 0.2) is 12.1 Å². The Morgan fingerprint density at radius 1 is 1.50 bits per heavy atom. The zero-order valence-electron chi connectivity index (χ0n) is 7.59. The highest BCUT2D eigenvalue weighted by molar-refractivity contribution is 5.33. The van der Waals surface area contributed by atoms with Crippen LogP contribution in [0.5, 0.6) is 0 Å². The Morgan fingerprint density at radius 2 is 2.25 bits per heavy atom. The summed E-state index contributed by atoms with van der Waals surface area (Å²) in [6.07, 6.45) is 2.11. The summed E-state index contributed by atoms with van der Waals surface area (Å²) >= 11 is 0. The van der Waals surface area contributed by atoms with E-state index in [0.29, 0.717) is 0 Å². The SMILES string of the molecule is Cc1ccc2c(n1)[C@@](C)(N)CC2. The fourth-order valence-electron chi connectivity index (χ4n) is 1.79. The van der Waals surface area contributed by atoms with Gasteiger partial charge in [0.2, 0.25) is 0 Å². The number of aromatic nitrogens is 1. The zero-order valence-corrected chi connectivity index (χ0v) is 7.59. The molecule has 0 bridgehead atoms. The lowest BCUT2D eigenvalue weighted by Crippen LogP contribution is -2.30. The quantitative estimate of drug-likeness (QED) is 0.628. The molecule has 0 aromatic carbocycles. The lowest BCUT2D eigenvalue weighted by molar-refractivity contribution is 0.479. The number of pyridine rings is 1. The lowest BCUT2D eigenvalue weighted by Gasteiger charge is -2.17. The fraction of sp³-hybridized carbons (Fsp3) is 0.500. The number of hydrogen-bond acceptors (Lipinski definition) is 2. The van der Waals surface area contributed by atoms with E-state index in [1.165, 1.54) is 5.56 Å². The fourth-order valence-corrected chi connectivity index (χ4v) is 1.79. The van der Waals surface area contributed by atoms with Crippen molar-refractivity contribution in [2.75, 3.05) is 0 Å². The highest BCUT2D eigenvalue weighted by Gasteiger charge is 2.31. The van der Waals surface area contributed by atoms with Crippen LogP contribution in [0.4, 0.5) is 0 Å².